The minimum atomic E-state index is -1.43. The molecule has 3 atom stereocenters. The van der Waals surface area contributed by atoms with Gasteiger partial charge in [0, 0.05) is 66.6 Å². The number of rotatable bonds is 19. The fourth-order valence-corrected chi connectivity index (χ4v) is 6.90. The molecule has 0 bridgehead atoms. The average molecular weight is 684 g/mol. The number of thioether (sulfide) groups is 1. The van der Waals surface area contributed by atoms with Gasteiger partial charge in [0.1, 0.15) is 11.9 Å². The molecule has 3 aromatic rings. The summed E-state index contributed by atoms with van der Waals surface area (Å²) in [7, 11) is 0. The van der Waals surface area contributed by atoms with Gasteiger partial charge in [-0.05, 0) is 97.7 Å². The number of carbonyl (C=O) groups excluding carboxylic acids is 1. The Morgan fingerprint density at radius 2 is 1.89 bits per heavy atom. The molecular weight excluding hydrogens is 638 g/mol. The molecule has 47 heavy (non-hydrogen) atoms. The van der Waals surface area contributed by atoms with Gasteiger partial charge < -0.3 is 35.4 Å². The van der Waals surface area contributed by atoms with Crippen LogP contribution in [0.2, 0.25) is 5.02 Å². The summed E-state index contributed by atoms with van der Waals surface area (Å²) >= 11 is 8.39. The van der Waals surface area contributed by atoms with Crippen molar-refractivity contribution in [3.8, 4) is 16.9 Å². The highest BCUT2D eigenvalue weighted by Crippen LogP contribution is 2.50. The maximum absolute atomic E-state index is 12.1. The van der Waals surface area contributed by atoms with E-state index in [9.17, 15) is 20.1 Å². The Balaban J connectivity index is 1.14. The molecule has 1 heterocycles. The number of carbonyl (C=O) groups is 1. The molecule has 1 aromatic heterocycles. The molecule has 1 amide bonds. The lowest BCUT2D eigenvalue weighted by Crippen LogP contribution is -2.46. The SMILES string of the molecule is CC(=O)N(CCCCSc1ccc(Cl)c(CNC2(c3cnccc3-c3ccccc3OC3CC3)CC2)c1)CC(O)C(O)C(O)CCO. The predicted molar refractivity (Wildman–Crippen MR) is 184 cm³/mol. The third-order valence-electron chi connectivity index (χ3n) is 8.87. The molecule has 3 unspecified atom stereocenters. The van der Waals surface area contributed by atoms with Gasteiger partial charge in [0.25, 0.3) is 0 Å². The number of para-hydroxylation sites is 1. The number of aliphatic hydroxyl groups is 4. The van der Waals surface area contributed by atoms with Gasteiger partial charge in [-0.2, -0.15) is 0 Å². The van der Waals surface area contributed by atoms with Crippen molar-refractivity contribution in [3.63, 3.8) is 0 Å². The zero-order valence-corrected chi connectivity index (χ0v) is 28.4. The highest BCUT2D eigenvalue weighted by atomic mass is 35.5. The van der Waals surface area contributed by atoms with E-state index in [0.29, 0.717) is 24.2 Å². The minimum absolute atomic E-state index is 0.0462. The summed E-state index contributed by atoms with van der Waals surface area (Å²) in [5.74, 6) is 1.55. The fraction of sp³-hybridized carbons (Fsp3) is 0.500. The molecule has 2 saturated carbocycles. The Bertz CT molecular complexity index is 1490. The van der Waals surface area contributed by atoms with E-state index in [1.54, 1.807) is 11.8 Å². The summed E-state index contributed by atoms with van der Waals surface area (Å²) in [6.45, 7) is 2.09. The van der Waals surface area contributed by atoms with Gasteiger partial charge in [0.15, 0.2) is 0 Å². The Labute approximate surface area is 286 Å². The Hall–Kier alpha value is -2.70. The molecule has 2 aromatic carbocycles. The van der Waals surface area contributed by atoms with Crippen molar-refractivity contribution < 1.29 is 30.0 Å². The smallest absolute Gasteiger partial charge is 0.219 e. The van der Waals surface area contributed by atoms with Crippen LogP contribution in [-0.2, 0) is 16.9 Å². The summed E-state index contributed by atoms with van der Waals surface area (Å²) in [4.78, 5) is 19.2. The number of unbranched alkanes of at least 4 members (excludes halogenated alkanes) is 1. The van der Waals surface area contributed by atoms with Crippen molar-refractivity contribution in [2.75, 3.05) is 25.4 Å². The number of hydrogen-bond acceptors (Lipinski definition) is 9. The van der Waals surface area contributed by atoms with Gasteiger partial charge in [-0.25, -0.2) is 0 Å². The van der Waals surface area contributed by atoms with Crippen molar-refractivity contribution in [2.45, 2.75) is 93.3 Å². The molecule has 0 saturated heterocycles. The van der Waals surface area contributed by atoms with Crippen LogP contribution in [-0.4, -0.2) is 86.1 Å². The van der Waals surface area contributed by atoms with E-state index in [1.807, 2.05) is 30.6 Å². The number of amides is 1. The van der Waals surface area contributed by atoms with E-state index in [0.717, 1.165) is 71.6 Å². The number of aromatic nitrogens is 1. The summed E-state index contributed by atoms with van der Waals surface area (Å²) in [6.07, 6.45) is 5.92. The van der Waals surface area contributed by atoms with Gasteiger partial charge >= 0.3 is 0 Å². The van der Waals surface area contributed by atoms with E-state index in [2.05, 4.69) is 40.6 Å². The number of ether oxygens (including phenoxy) is 1. The van der Waals surface area contributed by atoms with Crippen molar-refractivity contribution in [1.29, 1.82) is 0 Å². The summed E-state index contributed by atoms with van der Waals surface area (Å²) in [5.41, 5.74) is 4.27. The number of halogens is 1. The number of aliphatic hydroxyl groups excluding tert-OH is 4. The molecule has 11 heteroatoms. The zero-order valence-electron chi connectivity index (χ0n) is 26.9. The molecule has 2 fully saturated rings. The molecule has 5 N–H and O–H groups in total. The lowest BCUT2D eigenvalue weighted by atomic mass is 9.94. The van der Waals surface area contributed by atoms with Crippen molar-refractivity contribution in [1.82, 2.24) is 15.2 Å². The molecule has 5 rings (SSSR count). The van der Waals surface area contributed by atoms with Crippen LogP contribution in [0.1, 0.15) is 63.0 Å². The third kappa shape index (κ3) is 9.69. The van der Waals surface area contributed by atoms with Crippen LogP contribution in [0.4, 0.5) is 0 Å². The van der Waals surface area contributed by atoms with Crippen LogP contribution in [0.15, 0.2) is 65.8 Å². The summed E-state index contributed by atoms with van der Waals surface area (Å²) in [5, 5.41) is 43.7. The lowest BCUT2D eigenvalue weighted by molar-refractivity contribution is -0.133. The molecular formula is C36H46ClN3O6S. The number of nitrogens with zero attached hydrogens (tertiary/aromatic N) is 2. The Kier molecular flexibility index (Phi) is 12.6. The van der Waals surface area contributed by atoms with Gasteiger partial charge in [0.05, 0.1) is 18.3 Å². The minimum Gasteiger partial charge on any atom is -0.490 e. The summed E-state index contributed by atoms with van der Waals surface area (Å²) < 4.78 is 6.25. The first-order valence-corrected chi connectivity index (χ1v) is 17.8. The van der Waals surface area contributed by atoms with Crippen LogP contribution in [0.25, 0.3) is 11.1 Å². The molecule has 9 nitrogen and oxygen atoms in total. The van der Waals surface area contributed by atoms with E-state index in [4.69, 9.17) is 21.4 Å². The maximum Gasteiger partial charge on any atom is 0.219 e. The van der Waals surface area contributed by atoms with Gasteiger partial charge in [-0.15, -0.1) is 11.8 Å². The highest BCUT2D eigenvalue weighted by Gasteiger charge is 2.46. The van der Waals surface area contributed by atoms with Crippen LogP contribution in [0, 0.1) is 0 Å². The molecule has 2 aliphatic rings. The van der Waals surface area contributed by atoms with Gasteiger partial charge in [-0.3, -0.25) is 9.78 Å². The van der Waals surface area contributed by atoms with Crippen LogP contribution in [0.5, 0.6) is 5.75 Å². The molecule has 0 spiro atoms. The third-order valence-corrected chi connectivity index (χ3v) is 10.3. The van der Waals surface area contributed by atoms with Crippen LogP contribution < -0.4 is 10.1 Å². The molecule has 254 valence electrons. The fourth-order valence-electron chi connectivity index (χ4n) is 5.74. The Morgan fingerprint density at radius 1 is 1.11 bits per heavy atom. The standard InChI is InChI=1S/C36H46ClN3O6S/c1-24(42)40(23-33(44)35(45)32(43)13-18-41)17-4-5-19-47-27-10-11-31(37)25(20-27)21-39-36(14-15-36)30-22-38-16-12-28(30)29-6-2-3-7-34(29)46-26-8-9-26/h2-3,6-7,10-12,16,20,22,26,32-33,35,39,41,43-45H,4-5,8-9,13-15,17-19,21,23H2,1H3. The molecule has 0 aliphatic heterocycles. The molecule has 2 aliphatic carbocycles. The van der Waals surface area contributed by atoms with Crippen molar-refractivity contribution in [2.24, 2.45) is 0 Å². The number of benzene rings is 2. The van der Waals surface area contributed by atoms with Crippen LogP contribution in [0.3, 0.4) is 0 Å². The first kappa shape index (κ1) is 35.6. The summed E-state index contributed by atoms with van der Waals surface area (Å²) in [6, 6.07) is 16.4. The second-order valence-corrected chi connectivity index (χ2v) is 14.2. The predicted octanol–water partition coefficient (Wildman–Crippen LogP) is 4.91. The normalized spacial score (nSPS) is 17.1. The number of nitrogens with one attached hydrogen (secondary N) is 1. The monoisotopic (exact) mass is 683 g/mol. The van der Waals surface area contributed by atoms with Gasteiger partial charge in [0.2, 0.25) is 5.91 Å². The van der Waals surface area contributed by atoms with Crippen molar-refractivity contribution in [3.05, 3.63) is 77.1 Å². The van der Waals surface area contributed by atoms with E-state index in [-0.39, 0.29) is 31.0 Å². The largest absolute Gasteiger partial charge is 0.490 e. The van der Waals surface area contributed by atoms with Crippen molar-refractivity contribution >= 4 is 29.3 Å². The zero-order chi connectivity index (χ0) is 33.4. The van der Waals surface area contributed by atoms with Gasteiger partial charge in [-0.1, -0.05) is 29.8 Å². The molecule has 0 radical (unpaired) electrons. The first-order valence-electron chi connectivity index (χ1n) is 16.5. The quantitative estimate of drug-likeness (QED) is 0.0883. The highest BCUT2D eigenvalue weighted by molar-refractivity contribution is 7.99. The second-order valence-electron chi connectivity index (χ2n) is 12.6. The average Bonchev–Trinajstić information content (AvgIpc) is 4.01. The topological polar surface area (TPSA) is 135 Å². The lowest BCUT2D eigenvalue weighted by Gasteiger charge is -2.28. The Morgan fingerprint density at radius 3 is 2.62 bits per heavy atom. The van der Waals surface area contributed by atoms with E-state index in [1.165, 1.54) is 17.4 Å². The number of pyridine rings is 1. The first-order chi connectivity index (χ1) is 22.7. The van der Waals surface area contributed by atoms with Crippen LogP contribution >= 0.6 is 23.4 Å². The van der Waals surface area contributed by atoms with E-state index < -0.39 is 18.3 Å². The number of hydrogen-bond donors (Lipinski definition) is 5. The maximum atomic E-state index is 12.1. The van der Waals surface area contributed by atoms with E-state index >= 15 is 0 Å². The second kappa shape index (κ2) is 16.6.